The van der Waals surface area contributed by atoms with Gasteiger partial charge in [0.1, 0.15) is 0 Å². The molecule has 6 rings (SSSR count). The Morgan fingerprint density at radius 3 is 1.77 bits per heavy atom. The van der Waals surface area contributed by atoms with E-state index in [0.29, 0.717) is 12.8 Å². The minimum Gasteiger partial charge on any atom is -0.362 e. The van der Waals surface area contributed by atoms with Crippen LogP contribution in [0, 0.1) is 38.2 Å². The van der Waals surface area contributed by atoms with E-state index in [1.165, 1.54) is 5.56 Å². The van der Waals surface area contributed by atoms with Gasteiger partial charge in [0, 0.05) is 66.7 Å². The number of carbonyl (C=O) groups excluding carboxylic acids is 2. The minimum atomic E-state index is -0.105. The van der Waals surface area contributed by atoms with Crippen LogP contribution >= 0.6 is 22.6 Å². The molecule has 0 bridgehead atoms. The van der Waals surface area contributed by atoms with Gasteiger partial charge in [-0.15, -0.1) is 0 Å². The van der Waals surface area contributed by atoms with E-state index in [2.05, 4.69) is 129 Å². The number of aryl methyl sites for hydroxylation is 4. The Balaban J connectivity index is 1.27. The molecule has 2 aromatic carbocycles. The number of nitrogens with one attached hydrogen (secondary N) is 4. The van der Waals surface area contributed by atoms with Crippen LogP contribution in [-0.4, -0.2) is 31.5 Å². The van der Waals surface area contributed by atoms with Gasteiger partial charge in [-0.1, -0.05) is 42.5 Å². The number of ketones is 2. The van der Waals surface area contributed by atoms with E-state index in [4.69, 9.17) is 0 Å². The second-order valence-electron chi connectivity index (χ2n) is 12.7. The summed E-state index contributed by atoms with van der Waals surface area (Å²) in [4.78, 5) is 40.6. The van der Waals surface area contributed by atoms with Crippen molar-refractivity contribution in [3.05, 3.63) is 161 Å². The van der Waals surface area contributed by atoms with Crippen molar-refractivity contribution in [2.75, 3.05) is 0 Å². The highest BCUT2D eigenvalue weighted by Crippen LogP contribution is 2.37. The smallest absolute Gasteiger partial charge is 0.165 e. The lowest BCUT2D eigenvalue weighted by atomic mass is 9.89. The van der Waals surface area contributed by atoms with Crippen LogP contribution in [0.5, 0.6) is 0 Å². The average molecular weight is 737 g/mol. The lowest BCUT2D eigenvalue weighted by Gasteiger charge is -2.17. The summed E-state index contributed by atoms with van der Waals surface area (Å²) in [6, 6.07) is 27.4. The van der Waals surface area contributed by atoms with E-state index in [-0.39, 0.29) is 23.4 Å². The summed E-state index contributed by atoms with van der Waals surface area (Å²) in [5.74, 6) is 0.0554. The van der Waals surface area contributed by atoms with E-state index in [1.54, 1.807) is 6.92 Å². The summed E-state index contributed by atoms with van der Waals surface area (Å²) in [6.45, 7) is 11.7. The second-order valence-corrected chi connectivity index (χ2v) is 13.9. The zero-order valence-electron chi connectivity index (χ0n) is 27.8. The highest BCUT2D eigenvalue weighted by molar-refractivity contribution is 14.1. The SMILES string of the molecule is CC(=O)c1c(C)[nH]c(C(c2ccc(I)cc2)c2ccc(CCC(=O)c3c(C)[nH]c(C(c4ccccc4)c4ccc(C)[nH]4)c3C)[nH]2)c1C. The van der Waals surface area contributed by atoms with Crippen LogP contribution in [0.15, 0.2) is 78.9 Å². The number of halogens is 1. The second kappa shape index (κ2) is 13.4. The number of H-pyrrole nitrogens is 4. The molecular formula is C40H41IN4O2. The molecule has 0 amide bonds. The molecule has 4 N–H and O–H groups in total. The van der Waals surface area contributed by atoms with E-state index in [9.17, 15) is 9.59 Å². The van der Waals surface area contributed by atoms with Gasteiger partial charge in [-0.3, -0.25) is 9.59 Å². The number of Topliss-reactive ketones (excluding diaryl/α,β-unsaturated/α-hetero) is 2. The molecule has 0 aliphatic carbocycles. The molecule has 240 valence electrons. The van der Waals surface area contributed by atoms with Gasteiger partial charge in [-0.05, 0) is 129 Å². The van der Waals surface area contributed by atoms with Crippen molar-refractivity contribution in [1.29, 1.82) is 0 Å². The van der Waals surface area contributed by atoms with Crippen molar-refractivity contribution in [3.8, 4) is 0 Å². The summed E-state index contributed by atoms with van der Waals surface area (Å²) in [7, 11) is 0. The molecule has 47 heavy (non-hydrogen) atoms. The number of aromatic nitrogens is 4. The molecule has 0 fully saturated rings. The fourth-order valence-corrected chi connectivity index (χ4v) is 7.58. The number of carbonyl (C=O) groups is 2. The summed E-state index contributed by atoms with van der Waals surface area (Å²) >= 11 is 2.32. The van der Waals surface area contributed by atoms with Gasteiger partial charge >= 0.3 is 0 Å². The van der Waals surface area contributed by atoms with Crippen LogP contribution in [0.1, 0.15) is 114 Å². The molecule has 0 saturated carbocycles. The van der Waals surface area contributed by atoms with E-state index in [1.807, 2.05) is 26.8 Å². The molecule has 2 atom stereocenters. The largest absolute Gasteiger partial charge is 0.362 e. The summed E-state index contributed by atoms with van der Waals surface area (Å²) in [6.07, 6.45) is 0.983. The molecule has 4 heterocycles. The van der Waals surface area contributed by atoms with Crippen molar-refractivity contribution in [2.24, 2.45) is 0 Å². The number of aromatic amines is 4. The molecule has 6 nitrogen and oxygen atoms in total. The molecule has 4 aromatic heterocycles. The Bertz CT molecular complexity index is 2060. The van der Waals surface area contributed by atoms with Crippen LogP contribution in [0.25, 0.3) is 0 Å². The number of hydrogen-bond acceptors (Lipinski definition) is 2. The lowest BCUT2D eigenvalue weighted by molar-refractivity contribution is 0.0979. The maximum absolute atomic E-state index is 13.9. The fraction of sp³-hybridized carbons (Fsp3) is 0.250. The molecule has 2 unspecified atom stereocenters. The summed E-state index contributed by atoms with van der Waals surface area (Å²) in [5, 5.41) is 0. The molecule has 6 aromatic rings. The van der Waals surface area contributed by atoms with Gasteiger partial charge in [0.05, 0.1) is 11.8 Å². The van der Waals surface area contributed by atoms with Gasteiger partial charge < -0.3 is 19.9 Å². The van der Waals surface area contributed by atoms with Crippen LogP contribution in [0.3, 0.4) is 0 Å². The van der Waals surface area contributed by atoms with Crippen molar-refractivity contribution in [1.82, 2.24) is 19.9 Å². The molecule has 0 saturated heterocycles. The topological polar surface area (TPSA) is 97.3 Å². The first-order chi connectivity index (χ1) is 22.5. The number of rotatable bonds is 11. The molecule has 0 spiro atoms. The van der Waals surface area contributed by atoms with Crippen molar-refractivity contribution in [3.63, 3.8) is 0 Å². The Hall–Kier alpha value is -4.37. The zero-order valence-corrected chi connectivity index (χ0v) is 29.9. The van der Waals surface area contributed by atoms with Gasteiger partial charge in [0.2, 0.25) is 0 Å². The molecular weight excluding hydrogens is 695 g/mol. The first-order valence-electron chi connectivity index (χ1n) is 16.1. The Kier molecular flexibility index (Phi) is 9.28. The minimum absolute atomic E-state index is 0.0297. The fourth-order valence-electron chi connectivity index (χ4n) is 7.22. The van der Waals surface area contributed by atoms with Gasteiger partial charge in [0.25, 0.3) is 0 Å². The number of benzene rings is 2. The van der Waals surface area contributed by atoms with E-state index < -0.39 is 0 Å². The van der Waals surface area contributed by atoms with Crippen LogP contribution in [-0.2, 0) is 6.42 Å². The first kappa shape index (κ1) is 32.6. The molecule has 0 aliphatic heterocycles. The first-order valence-corrected chi connectivity index (χ1v) is 17.2. The third-order valence-corrected chi connectivity index (χ3v) is 10.1. The average Bonchev–Trinajstić information content (AvgIpc) is 3.81. The monoisotopic (exact) mass is 736 g/mol. The third-order valence-electron chi connectivity index (χ3n) is 9.36. The van der Waals surface area contributed by atoms with Crippen molar-refractivity contribution in [2.45, 2.75) is 66.2 Å². The third kappa shape index (κ3) is 6.46. The van der Waals surface area contributed by atoms with E-state index >= 15 is 0 Å². The van der Waals surface area contributed by atoms with Crippen LogP contribution in [0.4, 0.5) is 0 Å². The van der Waals surface area contributed by atoms with Crippen molar-refractivity contribution < 1.29 is 9.59 Å². The Labute approximate surface area is 290 Å². The lowest BCUT2D eigenvalue weighted by Crippen LogP contribution is -2.08. The predicted octanol–water partition coefficient (Wildman–Crippen LogP) is 9.52. The molecule has 0 aliphatic rings. The highest BCUT2D eigenvalue weighted by atomic mass is 127. The standard InChI is InChI=1S/C40H41IN4O2/c1-22-12-19-32(42-22)37(28-10-8-7-9-11-28)40-24(3)36(26(5)44-40)34(47)21-18-31-17-20-33(45-31)38(29-13-15-30(41)16-14-29)39-23(2)35(27(6)46)25(4)43-39/h7-17,19-20,37-38,42-45H,18,21H2,1-6H3. The van der Waals surface area contributed by atoms with Gasteiger partial charge in [-0.2, -0.15) is 0 Å². The quantitative estimate of drug-likeness (QED) is 0.0788. The Morgan fingerprint density at radius 1 is 0.638 bits per heavy atom. The highest BCUT2D eigenvalue weighted by Gasteiger charge is 2.28. The van der Waals surface area contributed by atoms with Gasteiger partial charge in [0.15, 0.2) is 11.6 Å². The molecule has 7 heteroatoms. The maximum Gasteiger partial charge on any atom is 0.165 e. The summed E-state index contributed by atoms with van der Waals surface area (Å²) in [5.41, 5.74) is 13.9. The van der Waals surface area contributed by atoms with E-state index in [0.717, 1.165) is 76.9 Å². The summed E-state index contributed by atoms with van der Waals surface area (Å²) < 4.78 is 1.16. The normalized spacial score (nSPS) is 12.7. The molecule has 0 radical (unpaired) electrons. The predicted molar refractivity (Wildman–Crippen MR) is 197 cm³/mol. The zero-order chi connectivity index (χ0) is 33.4. The van der Waals surface area contributed by atoms with Crippen molar-refractivity contribution >= 4 is 34.2 Å². The van der Waals surface area contributed by atoms with Crippen LogP contribution in [0.2, 0.25) is 0 Å². The Morgan fingerprint density at radius 2 is 1.19 bits per heavy atom. The maximum atomic E-state index is 13.9. The number of hydrogen-bond donors (Lipinski definition) is 4. The van der Waals surface area contributed by atoms with Gasteiger partial charge in [-0.25, -0.2) is 0 Å². The van der Waals surface area contributed by atoms with Crippen LogP contribution < -0.4 is 0 Å².